The van der Waals surface area contributed by atoms with Crippen molar-refractivity contribution < 1.29 is 9.53 Å². The van der Waals surface area contributed by atoms with E-state index in [9.17, 15) is 4.79 Å². The lowest BCUT2D eigenvalue weighted by atomic mass is 10.2. The predicted octanol–water partition coefficient (Wildman–Crippen LogP) is 1.57. The van der Waals surface area contributed by atoms with Gasteiger partial charge in [-0.15, -0.1) is 0 Å². The van der Waals surface area contributed by atoms with Gasteiger partial charge >= 0.3 is 6.09 Å². The number of aromatic amines is 1. The molecule has 0 bridgehead atoms. The second-order valence-corrected chi connectivity index (χ2v) is 3.48. The van der Waals surface area contributed by atoms with Gasteiger partial charge in [0.25, 0.3) is 5.88 Å². The second kappa shape index (κ2) is 3.44. The Hall–Kier alpha value is -2.63. The zero-order valence-electron chi connectivity index (χ0n) is 8.68. The van der Waals surface area contributed by atoms with Gasteiger partial charge in [-0.1, -0.05) is 18.2 Å². The Morgan fingerprint density at radius 3 is 3.00 bits per heavy atom. The first-order chi connectivity index (χ1) is 8.25. The molecule has 17 heavy (non-hydrogen) atoms. The molecular weight excluding hydrogens is 220 g/mol. The molecule has 0 radical (unpaired) electrons. The third-order valence-electron chi connectivity index (χ3n) is 2.43. The number of fused-ring (bicyclic) bond motifs is 3. The van der Waals surface area contributed by atoms with Crippen molar-refractivity contribution in [1.82, 2.24) is 15.0 Å². The number of hydrogen-bond donors (Lipinski definition) is 2. The van der Waals surface area contributed by atoms with E-state index < -0.39 is 6.09 Å². The number of nitrogens with two attached hydrogens (primary N) is 1. The molecule has 0 spiro atoms. The number of primary amides is 1. The number of carbonyl (C=O) groups is 1. The summed E-state index contributed by atoms with van der Waals surface area (Å²) in [5.41, 5.74) is 6.96. The van der Waals surface area contributed by atoms with Crippen LogP contribution in [-0.2, 0) is 0 Å². The first kappa shape index (κ1) is 9.59. The van der Waals surface area contributed by atoms with Crippen LogP contribution in [0, 0.1) is 0 Å². The van der Waals surface area contributed by atoms with Gasteiger partial charge in [-0.05, 0) is 6.07 Å². The fraction of sp³-hybridized carbons (Fsp3) is 0. The highest BCUT2D eigenvalue weighted by Crippen LogP contribution is 2.27. The van der Waals surface area contributed by atoms with Gasteiger partial charge < -0.3 is 15.5 Å². The van der Waals surface area contributed by atoms with Gasteiger partial charge in [-0.2, -0.15) is 0 Å². The third-order valence-corrected chi connectivity index (χ3v) is 2.43. The molecular formula is C11H8N4O2. The smallest absolute Gasteiger partial charge is 0.389 e. The van der Waals surface area contributed by atoms with Crippen LogP contribution in [0.1, 0.15) is 0 Å². The minimum Gasteiger partial charge on any atom is -0.389 e. The first-order valence-electron chi connectivity index (χ1n) is 4.95. The number of nitrogens with one attached hydrogen (secondary N) is 1. The van der Waals surface area contributed by atoms with E-state index in [2.05, 4.69) is 15.0 Å². The lowest BCUT2D eigenvalue weighted by molar-refractivity contribution is 0.209. The fourth-order valence-electron chi connectivity index (χ4n) is 1.77. The number of nitrogens with zero attached hydrogens (tertiary/aromatic N) is 2. The number of aromatic nitrogens is 3. The van der Waals surface area contributed by atoms with Crippen LogP contribution >= 0.6 is 0 Å². The van der Waals surface area contributed by atoms with Crippen LogP contribution in [0.5, 0.6) is 5.88 Å². The lowest BCUT2D eigenvalue weighted by Gasteiger charge is -2.03. The minimum atomic E-state index is -0.905. The molecule has 2 aromatic heterocycles. The van der Waals surface area contributed by atoms with E-state index >= 15 is 0 Å². The molecule has 0 fully saturated rings. The molecule has 3 N–H and O–H groups in total. The van der Waals surface area contributed by atoms with E-state index in [1.165, 1.54) is 6.33 Å². The molecule has 2 heterocycles. The van der Waals surface area contributed by atoms with Crippen molar-refractivity contribution in [3.63, 3.8) is 0 Å². The number of imidazole rings is 1. The van der Waals surface area contributed by atoms with E-state index in [1.54, 1.807) is 0 Å². The van der Waals surface area contributed by atoms with Crippen molar-refractivity contribution >= 4 is 28.0 Å². The van der Waals surface area contributed by atoms with Crippen LogP contribution in [0.2, 0.25) is 0 Å². The van der Waals surface area contributed by atoms with E-state index in [1.807, 2.05) is 24.3 Å². The van der Waals surface area contributed by atoms with Crippen molar-refractivity contribution in [3.8, 4) is 5.88 Å². The molecule has 84 valence electrons. The normalized spacial score (nSPS) is 10.8. The van der Waals surface area contributed by atoms with Crippen molar-refractivity contribution in [2.24, 2.45) is 5.73 Å². The van der Waals surface area contributed by atoms with Crippen LogP contribution in [0.4, 0.5) is 4.79 Å². The first-order valence-corrected chi connectivity index (χ1v) is 4.95. The Kier molecular flexibility index (Phi) is 1.94. The Labute approximate surface area is 95.4 Å². The number of pyridine rings is 1. The van der Waals surface area contributed by atoms with Gasteiger partial charge in [0, 0.05) is 5.39 Å². The SMILES string of the molecule is NC(=O)Oc1nc2ccccc2c2[nH]cnc12. The number of H-pyrrole nitrogens is 1. The van der Waals surface area contributed by atoms with Gasteiger partial charge in [0.15, 0.2) is 5.52 Å². The summed E-state index contributed by atoms with van der Waals surface area (Å²) in [7, 11) is 0. The van der Waals surface area contributed by atoms with E-state index in [-0.39, 0.29) is 5.88 Å². The van der Waals surface area contributed by atoms with Crippen LogP contribution in [0.3, 0.4) is 0 Å². The molecule has 3 rings (SSSR count). The molecule has 0 saturated carbocycles. The van der Waals surface area contributed by atoms with Gasteiger partial charge in [0.1, 0.15) is 0 Å². The molecule has 0 aliphatic heterocycles. The van der Waals surface area contributed by atoms with Gasteiger partial charge in [-0.25, -0.2) is 14.8 Å². The zero-order valence-corrected chi connectivity index (χ0v) is 8.68. The molecule has 6 nitrogen and oxygen atoms in total. The van der Waals surface area contributed by atoms with Crippen LogP contribution in [0.15, 0.2) is 30.6 Å². The number of amides is 1. The Morgan fingerprint density at radius 1 is 1.35 bits per heavy atom. The topological polar surface area (TPSA) is 93.9 Å². The van der Waals surface area contributed by atoms with Gasteiger partial charge in [0.05, 0.1) is 17.4 Å². The summed E-state index contributed by atoms with van der Waals surface area (Å²) in [6.45, 7) is 0. The Balaban J connectivity index is 2.39. The number of ether oxygens (including phenoxy) is 1. The number of rotatable bonds is 1. The Bertz CT molecular complexity index is 720. The molecule has 0 unspecified atom stereocenters. The summed E-state index contributed by atoms with van der Waals surface area (Å²) in [5.74, 6) is 0.118. The lowest BCUT2D eigenvalue weighted by Crippen LogP contribution is -2.17. The number of benzene rings is 1. The van der Waals surface area contributed by atoms with Crippen LogP contribution in [-0.4, -0.2) is 21.0 Å². The molecule has 0 atom stereocenters. The maximum absolute atomic E-state index is 10.8. The van der Waals surface area contributed by atoms with Crippen LogP contribution in [0.25, 0.3) is 21.9 Å². The zero-order chi connectivity index (χ0) is 11.8. The highest BCUT2D eigenvalue weighted by molar-refractivity contribution is 6.04. The second-order valence-electron chi connectivity index (χ2n) is 3.48. The van der Waals surface area contributed by atoms with Crippen molar-refractivity contribution in [1.29, 1.82) is 0 Å². The van der Waals surface area contributed by atoms with Gasteiger partial charge in [-0.3, -0.25) is 0 Å². The summed E-state index contributed by atoms with van der Waals surface area (Å²) < 4.78 is 4.84. The fourth-order valence-corrected chi connectivity index (χ4v) is 1.77. The van der Waals surface area contributed by atoms with E-state index in [0.29, 0.717) is 11.0 Å². The molecule has 1 aromatic carbocycles. The van der Waals surface area contributed by atoms with Crippen LogP contribution < -0.4 is 10.5 Å². The predicted molar refractivity (Wildman–Crippen MR) is 61.6 cm³/mol. The molecule has 0 saturated heterocycles. The molecule has 1 amide bonds. The largest absolute Gasteiger partial charge is 0.411 e. The van der Waals surface area contributed by atoms with Crippen molar-refractivity contribution in [2.75, 3.05) is 0 Å². The Morgan fingerprint density at radius 2 is 2.18 bits per heavy atom. The summed E-state index contributed by atoms with van der Waals surface area (Å²) in [4.78, 5) is 22.1. The summed E-state index contributed by atoms with van der Waals surface area (Å²) >= 11 is 0. The molecule has 0 aliphatic carbocycles. The standard InChI is InChI=1S/C11H8N4O2/c12-11(16)17-10-9-8(13-5-14-9)6-3-1-2-4-7(6)15-10/h1-5H,(H2,12,16)(H,13,14). The van der Waals surface area contributed by atoms with Crippen molar-refractivity contribution in [2.45, 2.75) is 0 Å². The summed E-state index contributed by atoms with van der Waals surface area (Å²) in [6.07, 6.45) is 0.615. The highest BCUT2D eigenvalue weighted by atomic mass is 16.6. The van der Waals surface area contributed by atoms with E-state index in [4.69, 9.17) is 10.5 Å². The molecule has 3 aromatic rings. The number of hydrogen-bond acceptors (Lipinski definition) is 4. The summed E-state index contributed by atoms with van der Waals surface area (Å²) in [5, 5.41) is 0.914. The summed E-state index contributed by atoms with van der Waals surface area (Å²) in [6, 6.07) is 7.49. The van der Waals surface area contributed by atoms with Crippen molar-refractivity contribution in [3.05, 3.63) is 30.6 Å². The average molecular weight is 228 g/mol. The van der Waals surface area contributed by atoms with Gasteiger partial charge in [0.2, 0.25) is 0 Å². The minimum absolute atomic E-state index is 0.118. The molecule has 0 aliphatic rings. The number of carbonyl (C=O) groups excluding carboxylic acids is 1. The average Bonchev–Trinajstić information content (AvgIpc) is 2.78. The maximum Gasteiger partial charge on any atom is 0.411 e. The maximum atomic E-state index is 10.8. The number of para-hydroxylation sites is 1. The quantitative estimate of drug-likeness (QED) is 0.661. The highest BCUT2D eigenvalue weighted by Gasteiger charge is 2.13. The monoisotopic (exact) mass is 228 g/mol. The van der Waals surface area contributed by atoms with E-state index in [0.717, 1.165) is 10.9 Å². The third kappa shape index (κ3) is 1.46. The molecule has 6 heteroatoms.